The molecule has 1 atom stereocenters. The zero-order valence-corrected chi connectivity index (χ0v) is 13.8. The molecular weight excluding hydrogens is 278 g/mol. The van der Waals surface area contributed by atoms with Gasteiger partial charge in [0.15, 0.2) is 0 Å². The van der Waals surface area contributed by atoms with Crippen LogP contribution >= 0.6 is 11.8 Å². The maximum Gasteiger partial charge on any atom is 0.235 e. The number of rotatable bonds is 4. The molecule has 0 fully saturated rings. The zero-order chi connectivity index (χ0) is 15.6. The molecule has 110 valence electrons. The van der Waals surface area contributed by atoms with Crippen LogP contribution in [0.3, 0.4) is 0 Å². The second kappa shape index (κ2) is 6.35. The van der Waals surface area contributed by atoms with Crippen molar-refractivity contribution in [3.05, 3.63) is 64.2 Å². The smallest absolute Gasteiger partial charge is 0.235 e. The minimum atomic E-state index is -0.357. The summed E-state index contributed by atoms with van der Waals surface area (Å²) < 4.78 is 0. The lowest BCUT2D eigenvalue weighted by Crippen LogP contribution is -2.19. The third-order valence-electron chi connectivity index (χ3n) is 3.89. The number of carbonyl (C=O) groups is 1. The predicted molar refractivity (Wildman–Crippen MR) is 89.6 cm³/mol. The SMILES string of the molecule is Cc1cc(C)c(C)c(S[C@H](C(N)=O)c2ccccc2)c1C. The molecule has 0 saturated carbocycles. The van der Waals surface area contributed by atoms with E-state index in [1.165, 1.54) is 27.1 Å². The molecule has 2 N–H and O–H groups in total. The average Bonchev–Trinajstić information content (AvgIpc) is 2.46. The standard InChI is InChI=1S/C18H21NOS/c1-11-10-12(2)14(4)16(13(11)3)21-17(18(19)20)15-8-6-5-7-9-15/h5-10,17H,1-4H3,(H2,19,20)/t17-/m0/s1. The van der Waals surface area contributed by atoms with Crippen molar-refractivity contribution >= 4 is 17.7 Å². The summed E-state index contributed by atoms with van der Waals surface area (Å²) >= 11 is 1.56. The Morgan fingerprint density at radius 3 is 2.00 bits per heavy atom. The summed E-state index contributed by atoms with van der Waals surface area (Å²) in [5, 5.41) is -0.357. The number of amides is 1. The first-order valence-corrected chi connectivity index (χ1v) is 7.88. The van der Waals surface area contributed by atoms with E-state index in [9.17, 15) is 4.79 Å². The van der Waals surface area contributed by atoms with Crippen LogP contribution in [0, 0.1) is 27.7 Å². The Bertz CT molecular complexity index is 638. The van der Waals surface area contributed by atoms with Gasteiger partial charge in [0.05, 0.1) is 0 Å². The number of hydrogen-bond acceptors (Lipinski definition) is 2. The summed E-state index contributed by atoms with van der Waals surface area (Å²) in [5.41, 5.74) is 11.5. The Kier molecular flexibility index (Phi) is 4.73. The van der Waals surface area contributed by atoms with Gasteiger partial charge in [0.25, 0.3) is 0 Å². The zero-order valence-electron chi connectivity index (χ0n) is 12.9. The molecule has 0 aliphatic carbocycles. The number of carbonyl (C=O) groups excluding carboxylic acids is 1. The molecule has 0 aliphatic heterocycles. The molecule has 0 radical (unpaired) electrons. The fraction of sp³-hybridized carbons (Fsp3) is 0.278. The van der Waals surface area contributed by atoms with E-state index >= 15 is 0 Å². The topological polar surface area (TPSA) is 43.1 Å². The van der Waals surface area contributed by atoms with E-state index in [2.05, 4.69) is 33.8 Å². The maximum atomic E-state index is 11.9. The summed E-state index contributed by atoms with van der Waals surface area (Å²) in [4.78, 5) is 13.1. The van der Waals surface area contributed by atoms with Crippen LogP contribution in [0.2, 0.25) is 0 Å². The molecule has 0 bridgehead atoms. The van der Waals surface area contributed by atoms with E-state index in [1.54, 1.807) is 11.8 Å². The van der Waals surface area contributed by atoms with Crippen LogP contribution in [0.1, 0.15) is 33.1 Å². The van der Waals surface area contributed by atoms with Crippen molar-refractivity contribution in [1.82, 2.24) is 0 Å². The lowest BCUT2D eigenvalue weighted by Gasteiger charge is -2.19. The number of hydrogen-bond donors (Lipinski definition) is 1. The Morgan fingerprint density at radius 2 is 1.52 bits per heavy atom. The first kappa shape index (κ1) is 15.6. The Balaban J connectivity index is 2.46. The van der Waals surface area contributed by atoms with Crippen LogP contribution in [-0.4, -0.2) is 5.91 Å². The Morgan fingerprint density at radius 1 is 1.00 bits per heavy atom. The highest BCUT2D eigenvalue weighted by Gasteiger charge is 2.22. The van der Waals surface area contributed by atoms with Crippen LogP contribution in [-0.2, 0) is 4.79 Å². The molecule has 0 unspecified atom stereocenters. The molecule has 1 amide bonds. The minimum absolute atomic E-state index is 0.302. The summed E-state index contributed by atoms with van der Waals surface area (Å²) in [7, 11) is 0. The van der Waals surface area contributed by atoms with E-state index in [0.29, 0.717) is 0 Å². The van der Waals surface area contributed by atoms with E-state index in [1.807, 2.05) is 30.3 Å². The van der Waals surface area contributed by atoms with Crippen molar-refractivity contribution in [2.75, 3.05) is 0 Å². The summed E-state index contributed by atoms with van der Waals surface area (Å²) in [6.07, 6.45) is 0. The molecule has 2 aromatic carbocycles. The number of benzene rings is 2. The van der Waals surface area contributed by atoms with Crippen molar-refractivity contribution in [3.8, 4) is 0 Å². The molecule has 0 aliphatic rings. The highest BCUT2D eigenvalue weighted by atomic mass is 32.2. The van der Waals surface area contributed by atoms with Crippen LogP contribution in [0.4, 0.5) is 0 Å². The van der Waals surface area contributed by atoms with Gasteiger partial charge in [0.1, 0.15) is 5.25 Å². The van der Waals surface area contributed by atoms with Crippen molar-refractivity contribution in [1.29, 1.82) is 0 Å². The quantitative estimate of drug-likeness (QED) is 0.858. The fourth-order valence-corrected chi connectivity index (χ4v) is 3.71. The van der Waals surface area contributed by atoms with Gasteiger partial charge < -0.3 is 5.73 Å². The molecule has 2 rings (SSSR count). The highest BCUT2D eigenvalue weighted by Crippen LogP contribution is 2.40. The van der Waals surface area contributed by atoms with Gasteiger partial charge in [-0.3, -0.25) is 4.79 Å². The van der Waals surface area contributed by atoms with Gasteiger partial charge in [0.2, 0.25) is 5.91 Å². The van der Waals surface area contributed by atoms with Gasteiger partial charge in [-0.05, 0) is 55.5 Å². The molecule has 0 saturated heterocycles. The molecule has 0 aromatic heterocycles. The molecule has 2 aromatic rings. The molecule has 0 spiro atoms. The molecular formula is C18H21NOS. The van der Waals surface area contributed by atoms with Crippen LogP contribution in [0.15, 0.2) is 41.3 Å². The minimum Gasteiger partial charge on any atom is -0.368 e. The number of nitrogens with two attached hydrogens (primary N) is 1. The van der Waals surface area contributed by atoms with Gasteiger partial charge in [-0.25, -0.2) is 0 Å². The molecule has 3 heteroatoms. The van der Waals surface area contributed by atoms with Crippen molar-refractivity contribution < 1.29 is 4.79 Å². The summed E-state index contributed by atoms with van der Waals surface area (Å²) in [6, 6.07) is 11.9. The van der Waals surface area contributed by atoms with E-state index in [4.69, 9.17) is 5.73 Å². The van der Waals surface area contributed by atoms with Gasteiger partial charge in [-0.2, -0.15) is 0 Å². The van der Waals surface area contributed by atoms with Gasteiger partial charge >= 0.3 is 0 Å². The number of aryl methyl sites for hydroxylation is 2. The largest absolute Gasteiger partial charge is 0.368 e. The van der Waals surface area contributed by atoms with E-state index in [0.717, 1.165) is 5.56 Å². The van der Waals surface area contributed by atoms with Crippen LogP contribution in [0.5, 0.6) is 0 Å². The second-order valence-corrected chi connectivity index (χ2v) is 6.52. The summed E-state index contributed by atoms with van der Waals surface area (Å²) in [5.74, 6) is -0.302. The average molecular weight is 299 g/mol. The van der Waals surface area contributed by atoms with Crippen molar-refractivity contribution in [3.63, 3.8) is 0 Å². The van der Waals surface area contributed by atoms with E-state index in [-0.39, 0.29) is 11.2 Å². The molecule has 2 nitrogen and oxygen atoms in total. The monoisotopic (exact) mass is 299 g/mol. The second-order valence-electron chi connectivity index (χ2n) is 5.40. The predicted octanol–water partition coefficient (Wildman–Crippen LogP) is 4.24. The first-order valence-electron chi connectivity index (χ1n) is 7.00. The fourth-order valence-electron chi connectivity index (χ4n) is 2.39. The van der Waals surface area contributed by atoms with Crippen LogP contribution < -0.4 is 5.73 Å². The first-order chi connectivity index (χ1) is 9.91. The molecule has 21 heavy (non-hydrogen) atoms. The Hall–Kier alpha value is -1.74. The number of thioether (sulfide) groups is 1. The summed E-state index contributed by atoms with van der Waals surface area (Å²) in [6.45, 7) is 8.42. The van der Waals surface area contributed by atoms with Gasteiger partial charge in [-0.15, -0.1) is 11.8 Å². The highest BCUT2D eigenvalue weighted by molar-refractivity contribution is 8.00. The third kappa shape index (κ3) is 3.30. The molecule has 0 heterocycles. The van der Waals surface area contributed by atoms with E-state index < -0.39 is 0 Å². The lowest BCUT2D eigenvalue weighted by atomic mass is 10.0. The van der Waals surface area contributed by atoms with Crippen molar-refractivity contribution in [2.45, 2.75) is 37.8 Å². The normalized spacial score (nSPS) is 12.2. The maximum absolute atomic E-state index is 11.9. The van der Waals surface area contributed by atoms with Crippen LogP contribution in [0.25, 0.3) is 0 Å². The Labute approximate surface area is 130 Å². The van der Waals surface area contributed by atoms with Gasteiger partial charge in [-0.1, -0.05) is 36.4 Å². The third-order valence-corrected chi connectivity index (χ3v) is 5.48. The van der Waals surface area contributed by atoms with Crippen molar-refractivity contribution in [2.24, 2.45) is 5.73 Å². The number of primary amides is 1. The lowest BCUT2D eigenvalue weighted by molar-refractivity contribution is -0.117. The van der Waals surface area contributed by atoms with Gasteiger partial charge in [0, 0.05) is 4.90 Å².